The molecule has 78 valence electrons. The molecule has 0 bridgehead atoms. The van der Waals surface area contributed by atoms with Crippen LogP contribution in [0, 0.1) is 0 Å². The zero-order valence-electron chi connectivity index (χ0n) is 7.90. The highest BCUT2D eigenvalue weighted by molar-refractivity contribution is 8.13. The van der Waals surface area contributed by atoms with E-state index in [1.165, 1.54) is 6.07 Å². The van der Waals surface area contributed by atoms with Crippen molar-refractivity contribution in [3.8, 4) is 5.75 Å². The minimum Gasteiger partial charge on any atom is -0.490 e. The highest BCUT2D eigenvalue weighted by atomic mass is 35.7. The number of hydrogen-bond donors (Lipinski definition) is 0. The summed E-state index contributed by atoms with van der Waals surface area (Å²) >= 11 is 0. The summed E-state index contributed by atoms with van der Waals surface area (Å²) in [6.45, 7) is 3.63. The number of hydrogen-bond acceptors (Lipinski definition) is 3. The van der Waals surface area contributed by atoms with Gasteiger partial charge in [-0.1, -0.05) is 12.1 Å². The molecule has 0 aromatic heterocycles. The van der Waals surface area contributed by atoms with Gasteiger partial charge in [0.25, 0.3) is 9.05 Å². The Balaban J connectivity index is 3.17. The van der Waals surface area contributed by atoms with E-state index in [1.54, 1.807) is 18.2 Å². The topological polar surface area (TPSA) is 43.4 Å². The minimum absolute atomic E-state index is 0.00960. The fourth-order valence-electron chi connectivity index (χ4n) is 1.00. The highest BCUT2D eigenvalue weighted by Crippen LogP contribution is 2.26. The lowest BCUT2D eigenvalue weighted by Crippen LogP contribution is -2.08. The molecule has 0 aliphatic carbocycles. The van der Waals surface area contributed by atoms with Crippen LogP contribution in [0.25, 0.3) is 0 Å². The van der Waals surface area contributed by atoms with E-state index >= 15 is 0 Å². The van der Waals surface area contributed by atoms with E-state index in [0.29, 0.717) is 0 Å². The van der Waals surface area contributed by atoms with Crippen molar-refractivity contribution in [1.29, 1.82) is 0 Å². The Kier molecular flexibility index (Phi) is 3.39. The van der Waals surface area contributed by atoms with Gasteiger partial charge in [-0.2, -0.15) is 0 Å². The molecule has 0 saturated heterocycles. The highest BCUT2D eigenvalue weighted by Gasteiger charge is 2.16. The maximum Gasteiger partial charge on any atom is 0.264 e. The van der Waals surface area contributed by atoms with Crippen LogP contribution >= 0.6 is 10.7 Å². The van der Waals surface area contributed by atoms with E-state index < -0.39 is 9.05 Å². The van der Waals surface area contributed by atoms with Crippen molar-refractivity contribution in [2.45, 2.75) is 24.8 Å². The van der Waals surface area contributed by atoms with Gasteiger partial charge in [0.2, 0.25) is 0 Å². The van der Waals surface area contributed by atoms with Crippen molar-refractivity contribution in [1.82, 2.24) is 0 Å². The van der Waals surface area contributed by atoms with Gasteiger partial charge in [-0.15, -0.1) is 0 Å². The Morgan fingerprint density at radius 2 is 1.86 bits per heavy atom. The van der Waals surface area contributed by atoms with Crippen LogP contribution in [0.1, 0.15) is 13.8 Å². The molecule has 0 unspecified atom stereocenters. The second-order valence-corrected chi connectivity index (χ2v) is 5.59. The molecule has 0 spiro atoms. The first-order valence-electron chi connectivity index (χ1n) is 4.11. The molecule has 1 rings (SSSR count). The van der Waals surface area contributed by atoms with Crippen LogP contribution in [0.3, 0.4) is 0 Å². The average Bonchev–Trinajstić information content (AvgIpc) is 2.01. The summed E-state index contributed by atoms with van der Waals surface area (Å²) in [7, 11) is 1.51. The molecule has 0 N–H and O–H groups in total. The lowest BCUT2D eigenvalue weighted by molar-refractivity contribution is 0.236. The lowest BCUT2D eigenvalue weighted by Gasteiger charge is -2.11. The first kappa shape index (κ1) is 11.3. The standard InChI is InChI=1S/C9H11ClO3S/c1-7(2)13-8-5-3-4-6-9(8)14(10,11)12/h3-7H,1-2H3. The first-order valence-corrected chi connectivity index (χ1v) is 6.42. The fourth-order valence-corrected chi connectivity index (χ4v) is 1.98. The van der Waals surface area contributed by atoms with Crippen LogP contribution in [0.4, 0.5) is 0 Å². The molecule has 5 heteroatoms. The normalized spacial score (nSPS) is 11.7. The Morgan fingerprint density at radius 1 is 1.29 bits per heavy atom. The lowest BCUT2D eigenvalue weighted by atomic mass is 10.3. The second kappa shape index (κ2) is 4.19. The monoisotopic (exact) mass is 234 g/mol. The number of rotatable bonds is 3. The summed E-state index contributed by atoms with van der Waals surface area (Å²) in [5.74, 6) is 0.289. The molecular weight excluding hydrogens is 224 g/mol. The van der Waals surface area contributed by atoms with Crippen molar-refractivity contribution in [2.24, 2.45) is 0 Å². The number of para-hydroxylation sites is 1. The fraction of sp³-hybridized carbons (Fsp3) is 0.333. The van der Waals surface area contributed by atoms with Gasteiger partial charge in [-0.3, -0.25) is 0 Å². The summed E-state index contributed by atoms with van der Waals surface area (Å²) in [6, 6.07) is 6.29. The molecule has 1 aromatic carbocycles. The van der Waals surface area contributed by atoms with Crippen LogP contribution in [-0.4, -0.2) is 14.5 Å². The second-order valence-electron chi connectivity index (χ2n) is 3.05. The van der Waals surface area contributed by atoms with Crippen LogP contribution in [-0.2, 0) is 9.05 Å². The van der Waals surface area contributed by atoms with E-state index in [2.05, 4.69) is 0 Å². The summed E-state index contributed by atoms with van der Waals surface area (Å²) in [5, 5.41) is 0. The summed E-state index contributed by atoms with van der Waals surface area (Å²) in [6.07, 6.45) is -0.0884. The predicted molar refractivity (Wildman–Crippen MR) is 55.2 cm³/mol. The summed E-state index contributed by atoms with van der Waals surface area (Å²) in [5.41, 5.74) is 0. The Labute approximate surface area is 88.1 Å². The maximum absolute atomic E-state index is 11.1. The van der Waals surface area contributed by atoms with Gasteiger partial charge in [0.15, 0.2) is 0 Å². The smallest absolute Gasteiger partial charge is 0.264 e. The number of ether oxygens (including phenoxy) is 1. The molecular formula is C9H11ClO3S. The maximum atomic E-state index is 11.1. The van der Waals surface area contributed by atoms with Gasteiger partial charge in [-0.05, 0) is 26.0 Å². The zero-order chi connectivity index (χ0) is 10.8. The summed E-state index contributed by atoms with van der Waals surface area (Å²) < 4.78 is 27.5. The Morgan fingerprint density at radius 3 is 2.36 bits per heavy atom. The molecule has 14 heavy (non-hydrogen) atoms. The van der Waals surface area contributed by atoms with Crippen LogP contribution < -0.4 is 4.74 Å². The van der Waals surface area contributed by atoms with Gasteiger partial charge in [0.1, 0.15) is 10.6 Å². The minimum atomic E-state index is -3.73. The third-order valence-electron chi connectivity index (χ3n) is 1.47. The molecule has 0 heterocycles. The molecule has 0 atom stereocenters. The first-order chi connectivity index (χ1) is 6.41. The average molecular weight is 235 g/mol. The zero-order valence-corrected chi connectivity index (χ0v) is 9.47. The van der Waals surface area contributed by atoms with Gasteiger partial charge in [0, 0.05) is 10.7 Å². The van der Waals surface area contributed by atoms with E-state index in [9.17, 15) is 8.42 Å². The number of benzene rings is 1. The van der Waals surface area contributed by atoms with Crippen molar-refractivity contribution >= 4 is 19.7 Å². The van der Waals surface area contributed by atoms with E-state index in [1.807, 2.05) is 13.8 Å². The molecule has 0 fully saturated rings. The predicted octanol–water partition coefficient (Wildman–Crippen LogP) is 2.40. The summed E-state index contributed by atoms with van der Waals surface area (Å²) in [4.78, 5) is 0.00960. The van der Waals surface area contributed by atoms with Gasteiger partial charge >= 0.3 is 0 Å². The van der Waals surface area contributed by atoms with Crippen molar-refractivity contribution < 1.29 is 13.2 Å². The Hall–Kier alpha value is -0.740. The molecule has 3 nitrogen and oxygen atoms in total. The molecule has 0 amide bonds. The van der Waals surface area contributed by atoms with E-state index in [4.69, 9.17) is 15.4 Å². The molecule has 0 aliphatic rings. The van der Waals surface area contributed by atoms with Gasteiger partial charge < -0.3 is 4.74 Å². The van der Waals surface area contributed by atoms with E-state index in [0.717, 1.165) is 0 Å². The molecule has 1 aromatic rings. The Bertz CT molecular complexity index is 412. The van der Waals surface area contributed by atoms with Gasteiger partial charge in [-0.25, -0.2) is 8.42 Å². The molecule has 0 radical (unpaired) electrons. The molecule has 0 aliphatic heterocycles. The third-order valence-corrected chi connectivity index (χ3v) is 2.84. The quantitative estimate of drug-likeness (QED) is 0.755. The van der Waals surface area contributed by atoms with Crippen LogP contribution in [0.2, 0.25) is 0 Å². The number of halogens is 1. The molecule has 0 saturated carbocycles. The SMILES string of the molecule is CC(C)Oc1ccccc1S(=O)(=O)Cl. The van der Waals surface area contributed by atoms with Crippen LogP contribution in [0.5, 0.6) is 5.75 Å². The van der Waals surface area contributed by atoms with E-state index in [-0.39, 0.29) is 16.7 Å². The van der Waals surface area contributed by atoms with Crippen molar-refractivity contribution in [2.75, 3.05) is 0 Å². The van der Waals surface area contributed by atoms with Crippen molar-refractivity contribution in [3.05, 3.63) is 24.3 Å². The third kappa shape index (κ3) is 2.89. The van der Waals surface area contributed by atoms with Crippen molar-refractivity contribution in [3.63, 3.8) is 0 Å². The van der Waals surface area contributed by atoms with Gasteiger partial charge in [0.05, 0.1) is 6.10 Å². The van der Waals surface area contributed by atoms with Crippen LogP contribution in [0.15, 0.2) is 29.2 Å². The largest absolute Gasteiger partial charge is 0.490 e.